The summed E-state index contributed by atoms with van der Waals surface area (Å²) < 4.78 is 6.36. The van der Waals surface area contributed by atoms with Gasteiger partial charge in [-0.3, -0.25) is 9.59 Å². The van der Waals surface area contributed by atoms with Gasteiger partial charge >= 0.3 is 5.97 Å². The van der Waals surface area contributed by atoms with E-state index in [2.05, 4.69) is 17.3 Å². The van der Waals surface area contributed by atoms with Crippen molar-refractivity contribution in [1.82, 2.24) is 9.78 Å². The Morgan fingerprint density at radius 1 is 0.968 bits per heavy atom. The maximum absolute atomic E-state index is 13.0. The molecule has 0 bridgehead atoms. The van der Waals surface area contributed by atoms with Gasteiger partial charge in [0.05, 0.1) is 17.6 Å². The summed E-state index contributed by atoms with van der Waals surface area (Å²) in [6.07, 6.45) is 4.03. The zero-order chi connectivity index (χ0) is 22.2. The van der Waals surface area contributed by atoms with Crippen LogP contribution >= 0.6 is 0 Å². The molecule has 0 saturated heterocycles. The van der Waals surface area contributed by atoms with E-state index >= 15 is 0 Å². The van der Waals surface area contributed by atoms with Crippen LogP contribution in [0.1, 0.15) is 60.4 Å². The number of hydrogen-bond donors (Lipinski definition) is 1. The lowest BCUT2D eigenvalue weighted by molar-refractivity contribution is 0.0526. The molecule has 0 unspecified atom stereocenters. The number of esters is 1. The van der Waals surface area contributed by atoms with E-state index in [1.807, 2.05) is 0 Å². The molecule has 3 aromatic rings. The molecule has 0 spiro atoms. The minimum atomic E-state index is -0.414. The Kier molecular flexibility index (Phi) is 7.54. The van der Waals surface area contributed by atoms with Crippen molar-refractivity contribution < 1.29 is 14.3 Å². The highest BCUT2D eigenvalue weighted by molar-refractivity contribution is 6.11. The van der Waals surface area contributed by atoms with Gasteiger partial charge < -0.3 is 10.1 Å². The maximum atomic E-state index is 13.0. The summed E-state index contributed by atoms with van der Waals surface area (Å²) in [6, 6.07) is 13.4. The number of nitrogens with zero attached hydrogens (tertiary/aromatic N) is 2. The van der Waals surface area contributed by atoms with Crippen LogP contribution in [0.25, 0.3) is 10.8 Å². The van der Waals surface area contributed by atoms with Crippen LogP contribution < -0.4 is 10.9 Å². The molecule has 0 atom stereocenters. The van der Waals surface area contributed by atoms with Gasteiger partial charge in [-0.25, -0.2) is 9.48 Å². The van der Waals surface area contributed by atoms with Crippen LogP contribution in [0.4, 0.5) is 5.69 Å². The minimum absolute atomic E-state index is 0.192. The van der Waals surface area contributed by atoms with Crippen molar-refractivity contribution in [3.8, 4) is 0 Å². The predicted octanol–water partition coefficient (Wildman–Crippen LogP) is 4.41. The number of nitrogens with one attached hydrogen (secondary N) is 1. The first-order chi connectivity index (χ1) is 15.0. The molecule has 0 aliphatic rings. The molecule has 0 fully saturated rings. The lowest BCUT2D eigenvalue weighted by Crippen LogP contribution is -2.27. The van der Waals surface area contributed by atoms with Gasteiger partial charge in [-0.15, -0.1) is 0 Å². The van der Waals surface area contributed by atoms with E-state index < -0.39 is 11.9 Å². The Bertz CT molecular complexity index is 1120. The van der Waals surface area contributed by atoms with Crippen LogP contribution in [0.5, 0.6) is 0 Å². The second kappa shape index (κ2) is 10.5. The number of carbonyl (C=O) groups excluding carboxylic acids is 2. The highest BCUT2D eigenvalue weighted by atomic mass is 16.5. The van der Waals surface area contributed by atoms with E-state index in [9.17, 15) is 14.4 Å². The summed E-state index contributed by atoms with van der Waals surface area (Å²) in [7, 11) is 0. The largest absolute Gasteiger partial charge is 0.462 e. The summed E-state index contributed by atoms with van der Waals surface area (Å²) in [6.45, 7) is 4.64. The Hall–Kier alpha value is -3.48. The maximum Gasteiger partial charge on any atom is 0.338 e. The van der Waals surface area contributed by atoms with E-state index in [0.717, 1.165) is 25.7 Å². The first-order valence-electron chi connectivity index (χ1n) is 10.6. The van der Waals surface area contributed by atoms with Crippen molar-refractivity contribution in [2.75, 3.05) is 11.9 Å². The van der Waals surface area contributed by atoms with Crippen LogP contribution in [0.3, 0.4) is 0 Å². The number of carbonyl (C=O) groups is 2. The van der Waals surface area contributed by atoms with Gasteiger partial charge in [-0.2, -0.15) is 5.10 Å². The third kappa shape index (κ3) is 5.36. The van der Waals surface area contributed by atoms with Gasteiger partial charge in [0.2, 0.25) is 0 Å². The van der Waals surface area contributed by atoms with Crippen LogP contribution in [0.2, 0.25) is 0 Å². The third-order valence-electron chi connectivity index (χ3n) is 4.96. The molecular formula is C24H27N3O4. The van der Waals surface area contributed by atoms with Gasteiger partial charge in [0.15, 0.2) is 5.69 Å². The van der Waals surface area contributed by atoms with Gasteiger partial charge in [0.25, 0.3) is 11.5 Å². The van der Waals surface area contributed by atoms with Gasteiger partial charge in [0, 0.05) is 17.6 Å². The van der Waals surface area contributed by atoms with Crippen molar-refractivity contribution in [2.24, 2.45) is 0 Å². The fourth-order valence-corrected chi connectivity index (χ4v) is 3.34. The Balaban J connectivity index is 1.86. The summed E-state index contributed by atoms with van der Waals surface area (Å²) >= 11 is 0. The molecule has 2 aromatic carbocycles. The second-order valence-electron chi connectivity index (χ2n) is 7.24. The smallest absolute Gasteiger partial charge is 0.338 e. The molecule has 162 valence electrons. The fraction of sp³-hybridized carbons (Fsp3) is 0.333. The number of aromatic nitrogens is 2. The van der Waals surface area contributed by atoms with E-state index in [1.165, 1.54) is 4.68 Å². The normalized spacial score (nSPS) is 10.8. The lowest BCUT2D eigenvalue weighted by atomic mass is 10.1. The van der Waals surface area contributed by atoms with Crippen molar-refractivity contribution in [2.45, 2.75) is 46.1 Å². The second-order valence-corrected chi connectivity index (χ2v) is 7.24. The van der Waals surface area contributed by atoms with Gasteiger partial charge in [-0.05, 0) is 43.7 Å². The molecular weight excluding hydrogens is 394 g/mol. The first kappa shape index (κ1) is 22.2. The topological polar surface area (TPSA) is 90.3 Å². The zero-order valence-electron chi connectivity index (χ0n) is 17.9. The highest BCUT2D eigenvalue weighted by Gasteiger charge is 2.17. The zero-order valence-corrected chi connectivity index (χ0v) is 17.9. The number of benzene rings is 2. The number of ether oxygens (including phenoxy) is 1. The Labute approximate surface area is 181 Å². The fourth-order valence-electron chi connectivity index (χ4n) is 3.34. The summed E-state index contributed by atoms with van der Waals surface area (Å²) in [5, 5.41) is 8.17. The minimum Gasteiger partial charge on any atom is -0.462 e. The quantitative estimate of drug-likeness (QED) is 0.408. The summed E-state index contributed by atoms with van der Waals surface area (Å²) in [5.41, 5.74) is 0.927. The molecule has 7 heteroatoms. The first-order valence-corrected chi connectivity index (χ1v) is 10.6. The highest BCUT2D eigenvalue weighted by Crippen LogP contribution is 2.17. The van der Waals surface area contributed by atoms with Crippen LogP contribution in [0, 0.1) is 0 Å². The number of unbranched alkanes of at least 4 members (excludes halogenated alkanes) is 3. The molecule has 0 aliphatic heterocycles. The molecule has 7 nitrogen and oxygen atoms in total. The lowest BCUT2D eigenvalue weighted by Gasteiger charge is -2.11. The van der Waals surface area contributed by atoms with Gasteiger partial charge in [0.1, 0.15) is 0 Å². The molecule has 0 radical (unpaired) electrons. The molecule has 0 saturated carbocycles. The van der Waals surface area contributed by atoms with Crippen molar-refractivity contribution >= 4 is 28.3 Å². The summed E-state index contributed by atoms with van der Waals surface area (Å²) in [4.78, 5) is 37.6. The van der Waals surface area contributed by atoms with Crippen molar-refractivity contribution in [3.63, 3.8) is 0 Å². The number of fused-ring (bicyclic) bond motifs is 1. The Morgan fingerprint density at radius 2 is 1.68 bits per heavy atom. The van der Waals surface area contributed by atoms with E-state index in [0.29, 0.717) is 35.2 Å². The molecule has 0 aliphatic carbocycles. The average molecular weight is 421 g/mol. The molecule has 1 aromatic heterocycles. The Morgan fingerprint density at radius 3 is 2.35 bits per heavy atom. The number of amides is 1. The average Bonchev–Trinajstić information content (AvgIpc) is 2.78. The van der Waals surface area contributed by atoms with Crippen molar-refractivity contribution in [1.29, 1.82) is 0 Å². The summed E-state index contributed by atoms with van der Waals surface area (Å²) in [5.74, 6) is -0.828. The van der Waals surface area contributed by atoms with E-state index in [4.69, 9.17) is 4.74 Å². The molecule has 3 rings (SSSR count). The molecule has 31 heavy (non-hydrogen) atoms. The van der Waals surface area contributed by atoms with E-state index in [1.54, 1.807) is 55.5 Å². The van der Waals surface area contributed by atoms with Crippen LogP contribution in [0.15, 0.2) is 53.3 Å². The monoisotopic (exact) mass is 421 g/mol. The van der Waals surface area contributed by atoms with Crippen molar-refractivity contribution in [3.05, 3.63) is 70.1 Å². The van der Waals surface area contributed by atoms with Crippen LogP contribution in [-0.4, -0.2) is 28.3 Å². The van der Waals surface area contributed by atoms with Gasteiger partial charge in [-0.1, -0.05) is 44.4 Å². The van der Waals surface area contributed by atoms with Crippen LogP contribution in [-0.2, 0) is 11.3 Å². The number of hydrogen-bond acceptors (Lipinski definition) is 5. The number of aryl methyl sites for hydroxylation is 1. The molecule has 1 heterocycles. The standard InChI is InChI=1S/C24H27N3O4/c1-3-5-6-9-16-27-23(29)20-11-8-7-10-19(20)21(26-27)22(28)25-18-14-12-17(13-15-18)24(30)31-4-2/h7-8,10-15H,3-6,9,16H2,1-2H3,(H,25,28). The number of rotatable bonds is 9. The van der Waals surface area contributed by atoms with E-state index in [-0.39, 0.29) is 11.3 Å². The molecule has 1 amide bonds. The number of anilines is 1. The third-order valence-corrected chi connectivity index (χ3v) is 4.96. The molecule has 1 N–H and O–H groups in total. The SMILES string of the molecule is CCCCCCn1nc(C(=O)Nc2ccc(C(=O)OCC)cc2)c2ccccc2c1=O. The predicted molar refractivity (Wildman–Crippen MR) is 120 cm³/mol.